The Morgan fingerprint density at radius 3 is 2.64 bits per heavy atom. The highest BCUT2D eigenvalue weighted by atomic mass is 19.1. The third-order valence-electron chi connectivity index (χ3n) is 5.10. The van der Waals surface area contributed by atoms with Crippen LogP contribution in [0.15, 0.2) is 40.2 Å². The number of aromatic nitrogens is 4. The molecule has 9 heteroatoms. The number of halogens is 1. The van der Waals surface area contributed by atoms with Gasteiger partial charge in [-0.15, -0.1) is 0 Å². The van der Waals surface area contributed by atoms with Gasteiger partial charge in [-0.05, 0) is 18.9 Å². The topological polar surface area (TPSA) is 82.1 Å². The van der Waals surface area contributed by atoms with E-state index in [1.807, 2.05) is 0 Å². The van der Waals surface area contributed by atoms with Crippen molar-refractivity contribution in [1.82, 2.24) is 23.6 Å². The van der Waals surface area contributed by atoms with E-state index in [2.05, 4.69) is 4.98 Å². The molecule has 1 aromatic carbocycles. The molecule has 1 aliphatic rings. The zero-order valence-corrected chi connectivity index (χ0v) is 15.6. The molecular formula is C19H20FN5O3. The highest BCUT2D eigenvalue weighted by Crippen LogP contribution is 2.29. The normalized spacial score (nSPS) is 13.8. The Bertz CT molecular complexity index is 1190. The van der Waals surface area contributed by atoms with Gasteiger partial charge in [0.05, 0.1) is 6.33 Å². The molecule has 1 fully saturated rings. The number of carbonyl (C=O) groups excluding carboxylic acids is 1. The molecular weight excluding hydrogens is 365 g/mol. The predicted molar refractivity (Wildman–Crippen MR) is 100 cm³/mol. The molecule has 0 saturated heterocycles. The van der Waals surface area contributed by atoms with E-state index in [1.54, 1.807) is 30.1 Å². The molecule has 0 spiro atoms. The summed E-state index contributed by atoms with van der Waals surface area (Å²) in [5.41, 5.74) is -0.238. The molecule has 0 atom stereocenters. The lowest BCUT2D eigenvalue weighted by Gasteiger charge is -2.23. The highest BCUT2D eigenvalue weighted by molar-refractivity contribution is 5.77. The Morgan fingerprint density at radius 1 is 1.25 bits per heavy atom. The zero-order chi connectivity index (χ0) is 20.0. The summed E-state index contributed by atoms with van der Waals surface area (Å²) in [6, 6.07) is 6.29. The first-order chi connectivity index (χ1) is 13.4. The van der Waals surface area contributed by atoms with E-state index < -0.39 is 17.8 Å². The summed E-state index contributed by atoms with van der Waals surface area (Å²) in [5.74, 6) is -0.767. The molecule has 3 aromatic rings. The van der Waals surface area contributed by atoms with E-state index in [4.69, 9.17) is 0 Å². The van der Waals surface area contributed by atoms with Crippen LogP contribution in [-0.4, -0.2) is 35.5 Å². The number of benzene rings is 1. The fraction of sp³-hybridized carbons (Fsp3) is 0.368. The lowest BCUT2D eigenvalue weighted by atomic mass is 10.2. The van der Waals surface area contributed by atoms with Crippen LogP contribution in [0, 0.1) is 5.82 Å². The molecule has 1 aliphatic carbocycles. The van der Waals surface area contributed by atoms with Crippen molar-refractivity contribution in [3.05, 3.63) is 62.8 Å². The maximum Gasteiger partial charge on any atom is 0.332 e. The van der Waals surface area contributed by atoms with Gasteiger partial charge in [-0.3, -0.25) is 14.2 Å². The maximum absolute atomic E-state index is 14.0. The molecule has 4 rings (SSSR count). The molecule has 2 heterocycles. The summed E-state index contributed by atoms with van der Waals surface area (Å²) in [4.78, 5) is 44.0. The van der Waals surface area contributed by atoms with Gasteiger partial charge in [0.25, 0.3) is 5.56 Å². The first-order valence-corrected chi connectivity index (χ1v) is 9.02. The third kappa shape index (κ3) is 3.02. The molecule has 28 heavy (non-hydrogen) atoms. The van der Waals surface area contributed by atoms with Crippen LogP contribution in [0.25, 0.3) is 11.2 Å². The van der Waals surface area contributed by atoms with Crippen molar-refractivity contribution >= 4 is 17.1 Å². The average molecular weight is 385 g/mol. The first kappa shape index (κ1) is 18.1. The number of nitrogens with zero attached hydrogens (tertiary/aromatic N) is 5. The summed E-state index contributed by atoms with van der Waals surface area (Å²) in [7, 11) is 3.16. The van der Waals surface area contributed by atoms with Crippen molar-refractivity contribution in [3.8, 4) is 0 Å². The number of fused-ring (bicyclic) bond motifs is 1. The fourth-order valence-electron chi connectivity index (χ4n) is 3.38. The number of imidazole rings is 1. The SMILES string of the molecule is Cn1cnc2c1c(=O)n(CC(=O)N(Cc1ccccc1F)C1CC1)c(=O)n2C. The third-order valence-corrected chi connectivity index (χ3v) is 5.10. The number of rotatable bonds is 5. The second kappa shape index (κ2) is 6.74. The van der Waals surface area contributed by atoms with Crippen LogP contribution in [0.3, 0.4) is 0 Å². The summed E-state index contributed by atoms with van der Waals surface area (Å²) in [6.45, 7) is -0.281. The number of carbonyl (C=O) groups is 1. The quantitative estimate of drug-likeness (QED) is 0.649. The molecule has 0 N–H and O–H groups in total. The van der Waals surface area contributed by atoms with Gasteiger partial charge in [-0.2, -0.15) is 0 Å². The largest absolute Gasteiger partial charge is 0.334 e. The Balaban J connectivity index is 1.69. The van der Waals surface area contributed by atoms with Gasteiger partial charge in [0.1, 0.15) is 12.4 Å². The summed E-state index contributed by atoms with van der Waals surface area (Å²) >= 11 is 0. The molecule has 146 valence electrons. The standard InChI is InChI=1S/C19H20FN5O3/c1-22-11-21-17-16(22)18(27)25(19(28)23(17)2)10-15(26)24(13-7-8-13)9-12-5-3-4-6-14(12)20/h3-6,11,13H,7-10H2,1-2H3. The van der Waals surface area contributed by atoms with Crippen molar-refractivity contribution in [2.75, 3.05) is 0 Å². The van der Waals surface area contributed by atoms with Gasteiger partial charge in [0.2, 0.25) is 5.91 Å². The van der Waals surface area contributed by atoms with Crippen LogP contribution < -0.4 is 11.2 Å². The Hall–Kier alpha value is -3.23. The first-order valence-electron chi connectivity index (χ1n) is 9.02. The minimum atomic E-state index is -0.605. The van der Waals surface area contributed by atoms with Crippen molar-refractivity contribution in [3.63, 3.8) is 0 Å². The highest BCUT2D eigenvalue weighted by Gasteiger charge is 2.33. The fourth-order valence-corrected chi connectivity index (χ4v) is 3.38. The van der Waals surface area contributed by atoms with Crippen LogP contribution in [0.5, 0.6) is 0 Å². The number of amides is 1. The van der Waals surface area contributed by atoms with E-state index in [9.17, 15) is 18.8 Å². The molecule has 2 aromatic heterocycles. The van der Waals surface area contributed by atoms with Gasteiger partial charge >= 0.3 is 5.69 Å². The molecule has 0 aliphatic heterocycles. The smallest absolute Gasteiger partial charge is 0.332 e. The van der Waals surface area contributed by atoms with E-state index in [0.29, 0.717) is 5.56 Å². The van der Waals surface area contributed by atoms with Crippen molar-refractivity contribution in [2.45, 2.75) is 32.0 Å². The summed E-state index contributed by atoms with van der Waals surface area (Å²) < 4.78 is 17.7. The van der Waals surface area contributed by atoms with Gasteiger partial charge in [-0.25, -0.2) is 18.7 Å². The van der Waals surface area contributed by atoms with Crippen molar-refractivity contribution < 1.29 is 9.18 Å². The monoisotopic (exact) mass is 385 g/mol. The zero-order valence-electron chi connectivity index (χ0n) is 15.6. The van der Waals surface area contributed by atoms with Crippen molar-refractivity contribution in [2.24, 2.45) is 14.1 Å². The van der Waals surface area contributed by atoms with Crippen LogP contribution in [-0.2, 0) is 32.0 Å². The van der Waals surface area contributed by atoms with E-state index in [1.165, 1.54) is 28.6 Å². The van der Waals surface area contributed by atoms with E-state index in [-0.39, 0.29) is 35.5 Å². The summed E-state index contributed by atoms with van der Waals surface area (Å²) in [6.07, 6.45) is 3.11. The Labute approximate surface area is 159 Å². The van der Waals surface area contributed by atoms with Crippen LogP contribution in [0.2, 0.25) is 0 Å². The molecule has 8 nitrogen and oxygen atoms in total. The summed E-state index contributed by atoms with van der Waals surface area (Å²) in [5, 5.41) is 0. The molecule has 1 amide bonds. The predicted octanol–water partition coefficient (Wildman–Crippen LogP) is 0.764. The maximum atomic E-state index is 14.0. The Kier molecular flexibility index (Phi) is 4.37. The molecule has 0 radical (unpaired) electrons. The minimum absolute atomic E-state index is 0.00657. The number of hydrogen-bond acceptors (Lipinski definition) is 4. The van der Waals surface area contributed by atoms with Crippen LogP contribution in [0.1, 0.15) is 18.4 Å². The van der Waals surface area contributed by atoms with Crippen molar-refractivity contribution in [1.29, 1.82) is 0 Å². The minimum Gasteiger partial charge on any atom is -0.334 e. The number of hydrogen-bond donors (Lipinski definition) is 0. The number of aryl methyl sites for hydroxylation is 2. The average Bonchev–Trinajstić information content (AvgIpc) is 3.44. The Morgan fingerprint density at radius 2 is 1.96 bits per heavy atom. The van der Waals surface area contributed by atoms with Gasteiger partial charge in [0, 0.05) is 32.2 Å². The van der Waals surface area contributed by atoms with Gasteiger partial charge < -0.3 is 9.47 Å². The van der Waals surface area contributed by atoms with Gasteiger partial charge in [0.15, 0.2) is 11.2 Å². The molecule has 0 unspecified atom stereocenters. The van der Waals surface area contributed by atoms with E-state index >= 15 is 0 Å². The second-order valence-electron chi connectivity index (χ2n) is 7.10. The van der Waals surface area contributed by atoms with Gasteiger partial charge in [-0.1, -0.05) is 18.2 Å². The van der Waals surface area contributed by atoms with E-state index in [0.717, 1.165) is 17.4 Å². The second-order valence-corrected chi connectivity index (χ2v) is 7.10. The van der Waals surface area contributed by atoms with Crippen LogP contribution in [0.4, 0.5) is 4.39 Å². The molecule has 0 bridgehead atoms. The van der Waals surface area contributed by atoms with Crippen LogP contribution >= 0.6 is 0 Å². The lowest BCUT2D eigenvalue weighted by Crippen LogP contribution is -2.45. The molecule has 1 saturated carbocycles. The lowest BCUT2D eigenvalue weighted by molar-refractivity contribution is -0.133.